The highest BCUT2D eigenvalue weighted by molar-refractivity contribution is 7.10. The van der Waals surface area contributed by atoms with Crippen molar-refractivity contribution in [2.24, 2.45) is 0 Å². The molecule has 7 heteroatoms. The molecule has 0 spiro atoms. The molecule has 0 unspecified atom stereocenters. The summed E-state index contributed by atoms with van der Waals surface area (Å²) in [5.74, 6) is -0.784. The van der Waals surface area contributed by atoms with Crippen LogP contribution in [0.5, 0.6) is 5.75 Å². The summed E-state index contributed by atoms with van der Waals surface area (Å²) in [5.41, 5.74) is 0.591. The second kappa shape index (κ2) is 7.77. The highest BCUT2D eigenvalue weighted by Crippen LogP contribution is 2.41. The van der Waals surface area contributed by atoms with E-state index >= 15 is 0 Å². The lowest BCUT2D eigenvalue weighted by Gasteiger charge is -2.26. The van der Waals surface area contributed by atoms with Crippen molar-refractivity contribution >= 4 is 28.8 Å². The lowest BCUT2D eigenvalue weighted by Crippen LogP contribution is -2.36. The number of thiophene rings is 1. The molecule has 4 rings (SSSR count). The molecule has 28 heavy (non-hydrogen) atoms. The highest BCUT2D eigenvalue weighted by atomic mass is 32.1. The van der Waals surface area contributed by atoms with Gasteiger partial charge in [-0.25, -0.2) is 0 Å². The number of methoxy groups -OCH3 is 1. The van der Waals surface area contributed by atoms with Gasteiger partial charge in [0.15, 0.2) is 0 Å². The molecular formula is C21H21NO5S. The van der Waals surface area contributed by atoms with Gasteiger partial charge in [0.05, 0.1) is 24.8 Å². The summed E-state index contributed by atoms with van der Waals surface area (Å²) < 4.78 is 10.8. The van der Waals surface area contributed by atoms with Crippen LogP contribution in [0.3, 0.4) is 0 Å². The minimum atomic E-state index is -0.662. The van der Waals surface area contributed by atoms with Gasteiger partial charge in [-0.1, -0.05) is 6.07 Å². The second-order valence-electron chi connectivity index (χ2n) is 6.83. The van der Waals surface area contributed by atoms with E-state index < -0.39 is 17.7 Å². The molecule has 2 saturated heterocycles. The predicted octanol–water partition coefficient (Wildman–Crippen LogP) is 3.36. The number of aliphatic hydroxyl groups is 1. The molecule has 1 aromatic carbocycles. The molecule has 1 aromatic heterocycles. The number of rotatable bonds is 5. The molecule has 2 fully saturated rings. The van der Waals surface area contributed by atoms with Crippen LogP contribution in [0.25, 0.3) is 5.76 Å². The Morgan fingerprint density at radius 1 is 1.29 bits per heavy atom. The number of likely N-dealkylation sites (tertiary alicyclic amines) is 1. The standard InChI is InChI=1S/C21H21NO5S/c1-26-14-8-6-13(7-9-14)19(23)17-18(16-5-3-11-28-16)22(21(25)20(17)24)12-15-4-2-10-27-15/h3,5-9,11,15,18,23H,2,4,10,12H2,1H3/t15-,18-/m0/s1. The first-order chi connectivity index (χ1) is 13.6. The van der Waals surface area contributed by atoms with Crippen molar-refractivity contribution in [1.29, 1.82) is 0 Å². The first kappa shape index (κ1) is 18.7. The SMILES string of the molecule is COc1ccc(C(O)=C2C(=O)C(=O)N(C[C@@H]3CCCO3)[C@H]2c2cccs2)cc1. The zero-order valence-electron chi connectivity index (χ0n) is 15.5. The van der Waals surface area contributed by atoms with E-state index in [0.29, 0.717) is 24.5 Å². The van der Waals surface area contributed by atoms with Crippen LogP contribution in [0.1, 0.15) is 29.3 Å². The maximum absolute atomic E-state index is 12.9. The fourth-order valence-electron chi connectivity index (χ4n) is 3.72. The van der Waals surface area contributed by atoms with Gasteiger partial charge in [-0.2, -0.15) is 0 Å². The zero-order chi connectivity index (χ0) is 19.7. The van der Waals surface area contributed by atoms with Gasteiger partial charge in [0.25, 0.3) is 11.7 Å². The largest absolute Gasteiger partial charge is 0.507 e. The van der Waals surface area contributed by atoms with Crippen LogP contribution in [0.2, 0.25) is 0 Å². The fourth-order valence-corrected chi connectivity index (χ4v) is 4.57. The number of Topliss-reactive ketones (excluding diaryl/α,β-unsaturated/α-hetero) is 1. The molecular weight excluding hydrogens is 378 g/mol. The van der Waals surface area contributed by atoms with Crippen molar-refractivity contribution in [1.82, 2.24) is 4.90 Å². The molecule has 0 bridgehead atoms. The fraction of sp³-hybridized carbons (Fsp3) is 0.333. The molecule has 0 saturated carbocycles. The van der Waals surface area contributed by atoms with Crippen LogP contribution >= 0.6 is 11.3 Å². The Morgan fingerprint density at radius 2 is 2.07 bits per heavy atom. The summed E-state index contributed by atoms with van der Waals surface area (Å²) in [7, 11) is 1.56. The number of carbonyl (C=O) groups excluding carboxylic acids is 2. The maximum Gasteiger partial charge on any atom is 0.295 e. The van der Waals surface area contributed by atoms with E-state index in [2.05, 4.69) is 0 Å². The van der Waals surface area contributed by atoms with Crippen LogP contribution in [0.4, 0.5) is 0 Å². The van der Waals surface area contributed by atoms with Gasteiger partial charge < -0.3 is 19.5 Å². The number of amides is 1. The normalized spacial score (nSPS) is 24.1. The van der Waals surface area contributed by atoms with Crippen LogP contribution in [0, 0.1) is 0 Å². The monoisotopic (exact) mass is 399 g/mol. The smallest absolute Gasteiger partial charge is 0.295 e. The van der Waals surface area contributed by atoms with Gasteiger partial charge in [0.2, 0.25) is 0 Å². The Bertz CT molecular complexity index is 897. The van der Waals surface area contributed by atoms with Crippen LogP contribution in [-0.2, 0) is 14.3 Å². The molecule has 6 nitrogen and oxygen atoms in total. The predicted molar refractivity (Wildman–Crippen MR) is 105 cm³/mol. The third kappa shape index (κ3) is 3.31. The molecule has 0 radical (unpaired) electrons. The van der Waals surface area contributed by atoms with Crippen LogP contribution in [-0.4, -0.2) is 48.1 Å². The number of nitrogens with zero attached hydrogens (tertiary/aromatic N) is 1. The molecule has 3 heterocycles. The number of carbonyl (C=O) groups is 2. The van der Waals surface area contributed by atoms with Crippen molar-refractivity contribution in [3.05, 3.63) is 57.8 Å². The first-order valence-electron chi connectivity index (χ1n) is 9.18. The van der Waals surface area contributed by atoms with E-state index in [1.54, 1.807) is 36.3 Å². The van der Waals surface area contributed by atoms with E-state index in [1.165, 1.54) is 11.3 Å². The molecule has 2 aliphatic heterocycles. The number of ketones is 1. The summed E-state index contributed by atoms with van der Waals surface area (Å²) in [5, 5.41) is 12.8. The average molecular weight is 399 g/mol. The van der Waals surface area contributed by atoms with Gasteiger partial charge >= 0.3 is 0 Å². The number of benzene rings is 1. The Morgan fingerprint density at radius 3 is 2.68 bits per heavy atom. The molecule has 146 valence electrons. The van der Waals surface area contributed by atoms with Crippen molar-refractivity contribution in [2.45, 2.75) is 25.0 Å². The molecule has 1 amide bonds. The minimum absolute atomic E-state index is 0.0818. The number of aliphatic hydroxyl groups excluding tert-OH is 1. The number of hydrogen-bond donors (Lipinski definition) is 1. The topological polar surface area (TPSA) is 76.1 Å². The zero-order valence-corrected chi connectivity index (χ0v) is 16.3. The van der Waals surface area contributed by atoms with E-state index in [9.17, 15) is 14.7 Å². The molecule has 2 aliphatic rings. The van der Waals surface area contributed by atoms with Gasteiger partial charge in [-0.05, 0) is 48.6 Å². The molecule has 0 aliphatic carbocycles. The van der Waals surface area contributed by atoms with E-state index in [0.717, 1.165) is 17.7 Å². The summed E-state index contributed by atoms with van der Waals surface area (Å²) >= 11 is 1.46. The van der Waals surface area contributed by atoms with E-state index in [-0.39, 0.29) is 17.4 Å². The van der Waals surface area contributed by atoms with E-state index in [4.69, 9.17) is 9.47 Å². The summed E-state index contributed by atoms with van der Waals surface area (Å²) in [4.78, 5) is 28.0. The Hall–Kier alpha value is -2.64. The molecule has 2 aromatic rings. The quantitative estimate of drug-likeness (QED) is 0.474. The Balaban J connectivity index is 1.76. The van der Waals surface area contributed by atoms with E-state index in [1.807, 2.05) is 17.5 Å². The number of hydrogen-bond acceptors (Lipinski definition) is 6. The number of ether oxygens (including phenoxy) is 2. The Labute approximate surface area is 167 Å². The maximum atomic E-state index is 12.9. The molecule has 1 N–H and O–H groups in total. The second-order valence-corrected chi connectivity index (χ2v) is 7.81. The van der Waals surface area contributed by atoms with Gasteiger partial charge in [0, 0.05) is 23.6 Å². The van der Waals surface area contributed by atoms with Crippen LogP contribution in [0.15, 0.2) is 47.4 Å². The van der Waals surface area contributed by atoms with Gasteiger partial charge in [-0.3, -0.25) is 9.59 Å². The van der Waals surface area contributed by atoms with Crippen molar-refractivity contribution in [3.8, 4) is 5.75 Å². The minimum Gasteiger partial charge on any atom is -0.507 e. The highest BCUT2D eigenvalue weighted by Gasteiger charge is 2.47. The van der Waals surface area contributed by atoms with Gasteiger partial charge in [-0.15, -0.1) is 11.3 Å². The first-order valence-corrected chi connectivity index (χ1v) is 10.1. The van der Waals surface area contributed by atoms with Crippen molar-refractivity contribution < 1.29 is 24.2 Å². The third-order valence-corrected chi connectivity index (χ3v) is 6.07. The average Bonchev–Trinajstić information content (AvgIpc) is 3.46. The van der Waals surface area contributed by atoms with Crippen molar-refractivity contribution in [3.63, 3.8) is 0 Å². The lowest BCUT2D eigenvalue weighted by atomic mass is 9.99. The summed E-state index contributed by atoms with van der Waals surface area (Å²) in [6, 6.07) is 9.91. The lowest BCUT2D eigenvalue weighted by molar-refractivity contribution is -0.140. The van der Waals surface area contributed by atoms with Crippen LogP contribution < -0.4 is 4.74 Å². The third-order valence-electron chi connectivity index (χ3n) is 5.14. The van der Waals surface area contributed by atoms with Crippen molar-refractivity contribution in [2.75, 3.05) is 20.3 Å². The van der Waals surface area contributed by atoms with Gasteiger partial charge in [0.1, 0.15) is 11.5 Å². The molecule has 2 atom stereocenters. The summed E-state index contributed by atoms with van der Waals surface area (Å²) in [6.07, 6.45) is 1.73. The Kier molecular flexibility index (Phi) is 5.19. The summed E-state index contributed by atoms with van der Waals surface area (Å²) in [6.45, 7) is 1.01.